The van der Waals surface area contributed by atoms with E-state index in [1.165, 1.54) is 4.90 Å². The molecule has 1 fully saturated rings. The van der Waals surface area contributed by atoms with E-state index >= 15 is 0 Å². The summed E-state index contributed by atoms with van der Waals surface area (Å²) in [6.07, 6.45) is 0.113. The Bertz CT molecular complexity index is 411. The second-order valence-electron chi connectivity index (χ2n) is 7.18. The normalized spacial score (nSPS) is 23.8. The lowest BCUT2D eigenvalue weighted by atomic mass is 10.1. The number of ether oxygens (including phenoxy) is 1. The predicted octanol–water partition coefficient (Wildman–Crippen LogP) is 2.24. The fourth-order valence-electron chi connectivity index (χ4n) is 1.68. The Morgan fingerprint density at radius 1 is 1.37 bits per heavy atom. The number of aliphatic hydroxyl groups is 1. The Morgan fingerprint density at radius 3 is 2.42 bits per heavy atom. The fourth-order valence-corrected chi connectivity index (χ4v) is 2.29. The minimum absolute atomic E-state index is 0.236. The van der Waals surface area contributed by atoms with E-state index in [0.29, 0.717) is 13.0 Å². The summed E-state index contributed by atoms with van der Waals surface area (Å²) in [6.45, 7) is 12.6. The first-order chi connectivity index (χ1) is 8.40. The molecule has 19 heavy (non-hydrogen) atoms. The lowest BCUT2D eigenvalue weighted by molar-refractivity contribution is 0.0239. The van der Waals surface area contributed by atoms with Crippen LogP contribution in [0.4, 0.5) is 4.79 Å². The molecule has 0 aromatic rings. The highest BCUT2D eigenvalue weighted by Gasteiger charge is 2.38. The van der Waals surface area contributed by atoms with Crippen LogP contribution in [-0.2, 0) is 4.74 Å². The molecule has 1 unspecified atom stereocenters. The first-order valence-corrected chi connectivity index (χ1v) is 10.1. The summed E-state index contributed by atoms with van der Waals surface area (Å²) in [5, 5.41) is 10.4. The Balaban J connectivity index is 2.67. The number of carbonyl (C=O) groups is 1. The van der Waals surface area contributed by atoms with Crippen LogP contribution in [0.25, 0.3) is 0 Å². The topological polar surface area (TPSA) is 49.8 Å². The van der Waals surface area contributed by atoms with E-state index < -0.39 is 19.3 Å². The van der Waals surface area contributed by atoms with Gasteiger partial charge in [-0.05, 0) is 20.8 Å². The maximum atomic E-state index is 11.9. The van der Waals surface area contributed by atoms with Crippen molar-refractivity contribution in [3.05, 3.63) is 0 Å². The monoisotopic (exact) mass is 283 g/mol. The predicted molar refractivity (Wildman–Crippen MR) is 78.5 cm³/mol. The van der Waals surface area contributed by atoms with Crippen LogP contribution >= 0.6 is 0 Å². The van der Waals surface area contributed by atoms with Crippen molar-refractivity contribution in [1.29, 1.82) is 0 Å². The van der Waals surface area contributed by atoms with Gasteiger partial charge in [0, 0.05) is 13.0 Å². The number of β-amino-alcohol motifs (C(OH)–C–C–N with tert-alkyl or cyclic N) is 1. The van der Waals surface area contributed by atoms with Crippen LogP contribution in [0.3, 0.4) is 0 Å². The Hall–Kier alpha value is -0.993. The molecule has 1 heterocycles. The van der Waals surface area contributed by atoms with Gasteiger partial charge in [-0.2, -0.15) is 0 Å². The van der Waals surface area contributed by atoms with Crippen molar-refractivity contribution < 1.29 is 14.6 Å². The van der Waals surface area contributed by atoms with Crippen LogP contribution in [0.15, 0.2) is 0 Å². The molecule has 0 radical (unpaired) electrons. The molecule has 0 saturated carbocycles. The van der Waals surface area contributed by atoms with Crippen LogP contribution in [0.2, 0.25) is 19.6 Å². The third kappa shape index (κ3) is 5.66. The first kappa shape index (κ1) is 16.1. The molecular formula is C14H25NO3Si. The van der Waals surface area contributed by atoms with Gasteiger partial charge in [0.05, 0.1) is 6.54 Å². The number of amides is 1. The van der Waals surface area contributed by atoms with Gasteiger partial charge >= 0.3 is 6.09 Å². The second-order valence-corrected chi connectivity index (χ2v) is 11.9. The molecule has 5 heteroatoms. The number of hydrogen-bond acceptors (Lipinski definition) is 3. The number of nitrogens with zero attached hydrogens (tertiary/aromatic N) is 1. The number of hydrogen-bond donors (Lipinski definition) is 1. The highest BCUT2D eigenvalue weighted by molar-refractivity contribution is 6.83. The largest absolute Gasteiger partial charge is 0.444 e. The van der Waals surface area contributed by atoms with Gasteiger partial charge < -0.3 is 14.7 Å². The lowest BCUT2D eigenvalue weighted by Crippen LogP contribution is -2.38. The van der Waals surface area contributed by atoms with E-state index in [0.717, 1.165) is 0 Å². The Morgan fingerprint density at radius 2 is 1.95 bits per heavy atom. The molecule has 1 N–H and O–H groups in total. The molecular weight excluding hydrogens is 258 g/mol. The number of rotatable bonds is 0. The van der Waals surface area contributed by atoms with Crippen molar-refractivity contribution in [3.63, 3.8) is 0 Å². The van der Waals surface area contributed by atoms with Crippen LogP contribution in [0, 0.1) is 11.5 Å². The van der Waals surface area contributed by atoms with Crippen molar-refractivity contribution >= 4 is 14.2 Å². The highest BCUT2D eigenvalue weighted by Crippen LogP contribution is 2.23. The molecule has 1 rings (SSSR count). The van der Waals surface area contributed by atoms with Crippen LogP contribution < -0.4 is 0 Å². The van der Waals surface area contributed by atoms with Gasteiger partial charge in [-0.1, -0.05) is 25.6 Å². The minimum atomic E-state index is -1.51. The summed E-state index contributed by atoms with van der Waals surface area (Å²) in [6, 6.07) is 0. The van der Waals surface area contributed by atoms with Gasteiger partial charge in [-0.3, -0.25) is 0 Å². The van der Waals surface area contributed by atoms with E-state index in [4.69, 9.17) is 4.74 Å². The molecule has 0 spiro atoms. The quantitative estimate of drug-likeness (QED) is 0.548. The van der Waals surface area contributed by atoms with Gasteiger partial charge in [0.15, 0.2) is 0 Å². The van der Waals surface area contributed by atoms with E-state index in [2.05, 4.69) is 31.1 Å². The average molecular weight is 283 g/mol. The lowest BCUT2D eigenvalue weighted by Gasteiger charge is -2.25. The Labute approximate surface area is 117 Å². The highest BCUT2D eigenvalue weighted by atomic mass is 28.3. The summed E-state index contributed by atoms with van der Waals surface area (Å²) in [4.78, 5) is 13.4. The molecule has 108 valence electrons. The third-order valence-electron chi connectivity index (χ3n) is 2.57. The zero-order chi connectivity index (χ0) is 14.9. The second kappa shape index (κ2) is 5.18. The zero-order valence-corrected chi connectivity index (χ0v) is 13.8. The molecule has 1 aliphatic heterocycles. The van der Waals surface area contributed by atoms with Crippen LogP contribution in [0.1, 0.15) is 27.2 Å². The number of carbonyl (C=O) groups excluding carboxylic acids is 1. The molecule has 0 aliphatic carbocycles. The minimum Gasteiger partial charge on any atom is -0.444 e. The average Bonchev–Trinajstić information content (AvgIpc) is 2.56. The number of likely N-dealkylation sites (tertiary alicyclic amines) is 1. The SMILES string of the molecule is CC(C)(C)OC(=O)N1CCC(O)(C#C[Si](C)(C)C)C1. The molecule has 1 saturated heterocycles. The standard InChI is InChI=1S/C14H25NO3Si/c1-13(2,3)18-12(16)15-9-7-14(17,11-15)8-10-19(4,5)6/h17H,7,9,11H2,1-6H3. The summed E-state index contributed by atoms with van der Waals surface area (Å²) < 4.78 is 5.30. The van der Waals surface area contributed by atoms with Crippen LogP contribution in [0.5, 0.6) is 0 Å². The van der Waals surface area contributed by atoms with E-state index in [-0.39, 0.29) is 12.6 Å². The van der Waals surface area contributed by atoms with Gasteiger partial charge in [0.2, 0.25) is 0 Å². The van der Waals surface area contributed by atoms with Crippen molar-refractivity contribution in [2.75, 3.05) is 13.1 Å². The van der Waals surface area contributed by atoms with E-state index in [9.17, 15) is 9.90 Å². The van der Waals surface area contributed by atoms with E-state index in [1.807, 2.05) is 20.8 Å². The molecule has 1 atom stereocenters. The maximum absolute atomic E-state index is 11.9. The van der Waals surface area contributed by atoms with Crippen molar-refractivity contribution in [1.82, 2.24) is 4.90 Å². The van der Waals surface area contributed by atoms with Gasteiger partial charge in [-0.15, -0.1) is 5.54 Å². The summed E-state index contributed by atoms with van der Waals surface area (Å²) in [5.41, 5.74) is 1.59. The van der Waals surface area contributed by atoms with Gasteiger partial charge in [0.1, 0.15) is 19.3 Å². The van der Waals surface area contributed by atoms with Crippen molar-refractivity contribution in [2.24, 2.45) is 0 Å². The van der Waals surface area contributed by atoms with Crippen molar-refractivity contribution in [2.45, 2.75) is 58.0 Å². The zero-order valence-electron chi connectivity index (χ0n) is 12.8. The summed E-state index contributed by atoms with van der Waals surface area (Å²) in [7, 11) is -1.51. The summed E-state index contributed by atoms with van der Waals surface area (Å²) in [5.74, 6) is 2.96. The van der Waals surface area contributed by atoms with Gasteiger partial charge in [-0.25, -0.2) is 4.79 Å². The summed E-state index contributed by atoms with van der Waals surface area (Å²) >= 11 is 0. The molecule has 1 aliphatic rings. The fraction of sp³-hybridized carbons (Fsp3) is 0.786. The van der Waals surface area contributed by atoms with E-state index in [1.54, 1.807) is 0 Å². The van der Waals surface area contributed by atoms with Crippen molar-refractivity contribution in [3.8, 4) is 11.5 Å². The van der Waals surface area contributed by atoms with Crippen LogP contribution in [-0.4, -0.2) is 48.5 Å². The molecule has 0 aromatic carbocycles. The third-order valence-corrected chi connectivity index (χ3v) is 3.44. The molecule has 4 nitrogen and oxygen atoms in total. The molecule has 1 amide bonds. The molecule has 0 aromatic heterocycles. The smallest absolute Gasteiger partial charge is 0.410 e. The van der Waals surface area contributed by atoms with Gasteiger partial charge in [0.25, 0.3) is 0 Å². The molecule has 0 bridgehead atoms. The first-order valence-electron chi connectivity index (χ1n) is 6.65. The maximum Gasteiger partial charge on any atom is 0.410 e. The Kier molecular flexibility index (Phi) is 4.38.